The Morgan fingerprint density at radius 1 is 1.16 bits per heavy atom. The first-order chi connectivity index (χ1) is 18.0. The van der Waals surface area contributed by atoms with Gasteiger partial charge >= 0.3 is 22.5 Å². The smallest absolute Gasteiger partial charge is 0.421 e. The van der Waals surface area contributed by atoms with Crippen molar-refractivity contribution in [2.45, 2.75) is 31.9 Å². The van der Waals surface area contributed by atoms with Crippen molar-refractivity contribution in [2.75, 3.05) is 40.0 Å². The van der Waals surface area contributed by atoms with Crippen molar-refractivity contribution in [3.05, 3.63) is 46.6 Å². The molecule has 0 unspecified atom stereocenters. The molecule has 0 saturated carbocycles. The van der Waals surface area contributed by atoms with Gasteiger partial charge in [-0.2, -0.15) is 25.9 Å². The highest BCUT2D eigenvalue weighted by molar-refractivity contribution is 7.87. The summed E-state index contributed by atoms with van der Waals surface area (Å²) in [5.74, 6) is 0.388. The molecular weight excluding hydrogens is 555 g/mol. The van der Waals surface area contributed by atoms with Crippen LogP contribution in [0, 0.1) is 0 Å². The number of alkyl halides is 3. The minimum Gasteiger partial charge on any atom is -0.491 e. The van der Waals surface area contributed by atoms with E-state index in [1.807, 2.05) is 4.72 Å². The summed E-state index contributed by atoms with van der Waals surface area (Å²) >= 11 is 5.99. The quantitative estimate of drug-likeness (QED) is 0.362. The highest BCUT2D eigenvalue weighted by Gasteiger charge is 2.32. The average molecular weight is 582 g/mol. The molecule has 1 aliphatic rings. The maximum Gasteiger partial charge on any atom is 0.421 e. The standard InChI is InChI=1S/C23H27ClF3N3O7S/c1-34-11-12-35-18-7-6-16(5-4-10-36-22(31)29-38(32,33)30-8-2-3-9-30)20(14-18)37-21-19(24)13-17(15-28-21)23(25,26)27/h6-7,13-15H,2-5,8-12H2,1H3,(H,29,31). The van der Waals surface area contributed by atoms with E-state index in [0.29, 0.717) is 49.7 Å². The van der Waals surface area contributed by atoms with Crippen LogP contribution in [-0.2, 0) is 32.3 Å². The Balaban J connectivity index is 1.65. The molecule has 1 amide bonds. The lowest BCUT2D eigenvalue weighted by molar-refractivity contribution is -0.137. The molecule has 2 heterocycles. The monoisotopic (exact) mass is 581 g/mol. The summed E-state index contributed by atoms with van der Waals surface area (Å²) in [5.41, 5.74) is -0.426. The minimum atomic E-state index is -4.62. The lowest BCUT2D eigenvalue weighted by atomic mass is 10.1. The fraction of sp³-hybridized carbons (Fsp3) is 0.478. The van der Waals surface area contributed by atoms with Gasteiger partial charge in [-0.15, -0.1) is 0 Å². The Bertz CT molecular complexity index is 1210. The third kappa shape index (κ3) is 8.61. The van der Waals surface area contributed by atoms with Crippen molar-refractivity contribution < 1.29 is 45.3 Å². The second-order valence-corrected chi connectivity index (χ2v) is 10.3. The van der Waals surface area contributed by atoms with Gasteiger partial charge in [0.05, 0.1) is 18.8 Å². The van der Waals surface area contributed by atoms with Crippen molar-refractivity contribution >= 4 is 27.9 Å². The molecule has 1 fully saturated rings. The van der Waals surface area contributed by atoms with Gasteiger partial charge in [-0.1, -0.05) is 17.7 Å². The zero-order valence-corrected chi connectivity index (χ0v) is 22.0. The number of hydrogen-bond acceptors (Lipinski definition) is 8. The van der Waals surface area contributed by atoms with Gasteiger partial charge in [0.15, 0.2) is 0 Å². The van der Waals surface area contributed by atoms with Crippen molar-refractivity contribution in [1.29, 1.82) is 0 Å². The van der Waals surface area contributed by atoms with Crippen LogP contribution in [-0.4, -0.2) is 63.8 Å². The zero-order valence-electron chi connectivity index (χ0n) is 20.4. The Labute approximate surface area is 223 Å². The van der Waals surface area contributed by atoms with E-state index in [-0.39, 0.29) is 36.3 Å². The number of aryl methyl sites for hydroxylation is 1. The topological polar surface area (TPSA) is 116 Å². The van der Waals surface area contributed by atoms with Gasteiger partial charge < -0.3 is 18.9 Å². The van der Waals surface area contributed by atoms with Crippen LogP contribution in [0.2, 0.25) is 5.02 Å². The first-order valence-corrected chi connectivity index (χ1v) is 13.4. The van der Waals surface area contributed by atoms with E-state index in [0.717, 1.165) is 12.8 Å². The molecule has 2 aromatic rings. The van der Waals surface area contributed by atoms with Crippen molar-refractivity contribution in [1.82, 2.24) is 14.0 Å². The largest absolute Gasteiger partial charge is 0.491 e. The summed E-state index contributed by atoms with van der Waals surface area (Å²) in [4.78, 5) is 15.6. The third-order valence-corrected chi connectivity index (χ3v) is 7.12. The van der Waals surface area contributed by atoms with E-state index < -0.39 is 28.0 Å². The van der Waals surface area contributed by atoms with E-state index in [1.54, 1.807) is 12.1 Å². The number of benzene rings is 1. The van der Waals surface area contributed by atoms with Crippen LogP contribution in [0.4, 0.5) is 18.0 Å². The van der Waals surface area contributed by atoms with Crippen LogP contribution in [0.15, 0.2) is 30.5 Å². The minimum absolute atomic E-state index is 0.105. The van der Waals surface area contributed by atoms with Gasteiger partial charge in [-0.25, -0.2) is 14.5 Å². The number of nitrogens with zero attached hydrogens (tertiary/aromatic N) is 2. The first kappa shape index (κ1) is 29.7. The van der Waals surface area contributed by atoms with Gasteiger partial charge in [0.25, 0.3) is 0 Å². The molecule has 1 aliphatic heterocycles. The van der Waals surface area contributed by atoms with Crippen molar-refractivity contribution in [3.8, 4) is 17.4 Å². The van der Waals surface area contributed by atoms with Gasteiger partial charge in [0, 0.05) is 32.5 Å². The van der Waals surface area contributed by atoms with E-state index >= 15 is 0 Å². The fourth-order valence-corrected chi connectivity index (χ4v) is 4.83. The summed E-state index contributed by atoms with van der Waals surface area (Å²) in [5, 5.41) is -0.337. The molecule has 3 rings (SSSR count). The molecule has 1 saturated heterocycles. The SMILES string of the molecule is COCCOc1ccc(CCCOC(=O)NS(=O)(=O)N2CCCC2)c(Oc2ncc(C(F)(F)F)cc2Cl)c1. The summed E-state index contributed by atoms with van der Waals surface area (Å²) in [6.07, 6.45) is -3.05. The lowest BCUT2D eigenvalue weighted by Gasteiger charge is -2.16. The second kappa shape index (κ2) is 13.3. The van der Waals surface area contributed by atoms with Gasteiger partial charge in [0.2, 0.25) is 5.88 Å². The summed E-state index contributed by atoms with van der Waals surface area (Å²) in [7, 11) is -2.43. The molecule has 15 heteroatoms. The van der Waals surface area contributed by atoms with Crippen molar-refractivity contribution in [2.24, 2.45) is 0 Å². The molecule has 1 aromatic heterocycles. The molecule has 0 spiro atoms. The Morgan fingerprint density at radius 3 is 2.55 bits per heavy atom. The van der Waals surface area contributed by atoms with Crippen LogP contribution in [0.1, 0.15) is 30.4 Å². The number of amides is 1. The third-order valence-electron chi connectivity index (χ3n) is 5.38. The second-order valence-electron chi connectivity index (χ2n) is 8.17. The Morgan fingerprint density at radius 2 is 1.89 bits per heavy atom. The fourth-order valence-electron chi connectivity index (χ4n) is 3.48. The highest BCUT2D eigenvalue weighted by Crippen LogP contribution is 2.36. The predicted octanol–water partition coefficient (Wildman–Crippen LogP) is 4.57. The lowest BCUT2D eigenvalue weighted by Crippen LogP contribution is -2.42. The average Bonchev–Trinajstić information content (AvgIpc) is 3.40. The van der Waals surface area contributed by atoms with Crippen LogP contribution < -0.4 is 14.2 Å². The number of methoxy groups -OCH3 is 1. The highest BCUT2D eigenvalue weighted by atomic mass is 35.5. The van der Waals surface area contributed by atoms with E-state index in [2.05, 4.69) is 4.98 Å². The maximum atomic E-state index is 12.9. The molecule has 0 radical (unpaired) electrons. The predicted molar refractivity (Wildman–Crippen MR) is 131 cm³/mol. The number of carbonyl (C=O) groups excluding carboxylic acids is 1. The number of aromatic nitrogens is 1. The number of pyridine rings is 1. The summed E-state index contributed by atoms with van der Waals surface area (Å²) < 4.78 is 87.4. The number of ether oxygens (including phenoxy) is 4. The number of rotatable bonds is 12. The van der Waals surface area contributed by atoms with E-state index in [1.165, 1.54) is 17.5 Å². The van der Waals surface area contributed by atoms with Gasteiger partial charge in [0.1, 0.15) is 23.1 Å². The Kier molecular flexibility index (Phi) is 10.4. The molecule has 0 aliphatic carbocycles. The number of nitrogens with one attached hydrogen (secondary N) is 1. The van der Waals surface area contributed by atoms with Crippen LogP contribution >= 0.6 is 11.6 Å². The summed E-state index contributed by atoms with van der Waals surface area (Å²) in [6.45, 7) is 1.16. The normalized spacial score (nSPS) is 14.3. The zero-order chi connectivity index (χ0) is 27.8. The number of carbonyl (C=O) groups is 1. The van der Waals surface area contributed by atoms with Crippen molar-refractivity contribution in [3.63, 3.8) is 0 Å². The molecule has 210 valence electrons. The Hall–Kier alpha value is -2.81. The first-order valence-electron chi connectivity index (χ1n) is 11.6. The number of hydrogen-bond donors (Lipinski definition) is 1. The molecule has 10 nitrogen and oxygen atoms in total. The van der Waals surface area contributed by atoms with Crippen LogP contribution in [0.5, 0.6) is 17.4 Å². The van der Waals surface area contributed by atoms with Crippen LogP contribution in [0.25, 0.3) is 0 Å². The summed E-state index contributed by atoms with van der Waals surface area (Å²) in [6, 6.07) is 5.57. The van der Waals surface area contributed by atoms with E-state index in [4.69, 9.17) is 30.5 Å². The maximum absolute atomic E-state index is 12.9. The van der Waals surface area contributed by atoms with E-state index in [9.17, 15) is 26.4 Å². The molecule has 1 N–H and O–H groups in total. The molecule has 0 bridgehead atoms. The molecule has 1 aromatic carbocycles. The molecule has 38 heavy (non-hydrogen) atoms. The van der Waals surface area contributed by atoms with Gasteiger partial charge in [-0.05, 0) is 43.4 Å². The van der Waals surface area contributed by atoms with Crippen LogP contribution in [0.3, 0.4) is 0 Å². The molecule has 0 atom stereocenters. The molecular formula is C23H27ClF3N3O7S. The number of halogens is 4. The van der Waals surface area contributed by atoms with Gasteiger partial charge in [-0.3, -0.25) is 0 Å².